The molecular formula is C28H20BrN3O5. The third kappa shape index (κ3) is 4.61. The van der Waals surface area contributed by atoms with Crippen LogP contribution in [0.2, 0.25) is 0 Å². The number of ether oxygens (including phenoxy) is 1. The topological polar surface area (TPSA) is 106 Å². The van der Waals surface area contributed by atoms with Crippen LogP contribution in [0, 0.1) is 0 Å². The van der Waals surface area contributed by atoms with Gasteiger partial charge in [0, 0.05) is 23.0 Å². The van der Waals surface area contributed by atoms with Gasteiger partial charge in [-0.2, -0.15) is 0 Å². The smallest absolute Gasteiger partial charge is 0.303 e. The molecule has 1 aromatic heterocycles. The van der Waals surface area contributed by atoms with Crippen molar-refractivity contribution in [3.63, 3.8) is 0 Å². The molecule has 184 valence electrons. The summed E-state index contributed by atoms with van der Waals surface area (Å²) in [6.07, 6.45) is 0.332. The highest BCUT2D eigenvalue weighted by Crippen LogP contribution is 2.34. The summed E-state index contributed by atoms with van der Waals surface area (Å²) in [6, 6.07) is 20.5. The number of amides is 3. The van der Waals surface area contributed by atoms with Crippen LogP contribution in [0.1, 0.15) is 39.3 Å². The van der Waals surface area contributed by atoms with Gasteiger partial charge in [-0.05, 0) is 42.0 Å². The van der Waals surface area contributed by atoms with E-state index in [-0.39, 0.29) is 11.1 Å². The number of rotatable bonds is 6. The van der Waals surface area contributed by atoms with Crippen LogP contribution < -0.4 is 5.32 Å². The Kier molecular flexibility index (Phi) is 6.54. The number of aromatic nitrogens is 1. The van der Waals surface area contributed by atoms with Crippen molar-refractivity contribution in [1.29, 1.82) is 0 Å². The molecule has 2 atom stereocenters. The molecule has 0 saturated carbocycles. The van der Waals surface area contributed by atoms with E-state index in [1.165, 1.54) is 19.1 Å². The molecule has 5 rings (SSSR count). The van der Waals surface area contributed by atoms with E-state index in [2.05, 4.69) is 26.2 Å². The van der Waals surface area contributed by atoms with E-state index in [1.54, 1.807) is 60.8 Å². The van der Waals surface area contributed by atoms with Gasteiger partial charge in [0.1, 0.15) is 0 Å². The van der Waals surface area contributed by atoms with Crippen molar-refractivity contribution >= 4 is 56.2 Å². The fourth-order valence-corrected chi connectivity index (χ4v) is 4.67. The van der Waals surface area contributed by atoms with Crippen LogP contribution in [0.15, 0.2) is 89.5 Å². The number of para-hydroxylation sites is 1. The number of anilines is 1. The van der Waals surface area contributed by atoms with Gasteiger partial charge in [0.05, 0.1) is 22.3 Å². The number of hydrogen-bond donors (Lipinski definition) is 1. The minimum absolute atomic E-state index is 0.175. The van der Waals surface area contributed by atoms with Gasteiger partial charge in [-0.25, -0.2) is 0 Å². The molecule has 9 heteroatoms. The zero-order valence-corrected chi connectivity index (χ0v) is 21.1. The second-order valence-electron chi connectivity index (χ2n) is 8.42. The molecule has 0 fully saturated rings. The predicted molar refractivity (Wildman–Crippen MR) is 140 cm³/mol. The molecule has 0 radical (unpaired) electrons. The summed E-state index contributed by atoms with van der Waals surface area (Å²) < 4.78 is 6.38. The molecule has 1 N–H and O–H groups in total. The van der Waals surface area contributed by atoms with E-state index in [0.29, 0.717) is 16.8 Å². The third-order valence-corrected chi connectivity index (χ3v) is 6.57. The van der Waals surface area contributed by atoms with Crippen molar-refractivity contribution in [3.8, 4) is 0 Å². The average molecular weight is 558 g/mol. The summed E-state index contributed by atoms with van der Waals surface area (Å²) >= 11 is 3.37. The normalized spacial score (nSPS) is 14.3. The number of fused-ring (bicyclic) bond motifs is 2. The molecule has 4 aromatic rings. The largest absolute Gasteiger partial charge is 0.455 e. The van der Waals surface area contributed by atoms with E-state index in [9.17, 15) is 19.2 Å². The average Bonchev–Trinajstić information content (AvgIpc) is 3.14. The first-order valence-electron chi connectivity index (χ1n) is 11.4. The lowest BCUT2D eigenvalue weighted by molar-refractivity contribution is -0.151. The third-order valence-electron chi connectivity index (χ3n) is 6.04. The molecule has 0 spiro atoms. The fraction of sp³-hybridized carbons (Fsp3) is 0.107. The number of halogens is 1. The molecule has 2 heterocycles. The molecule has 1 aliphatic heterocycles. The van der Waals surface area contributed by atoms with Crippen LogP contribution in [0.4, 0.5) is 5.69 Å². The lowest BCUT2D eigenvalue weighted by Crippen LogP contribution is -2.51. The Labute approximate surface area is 220 Å². The Morgan fingerprint density at radius 3 is 2.19 bits per heavy atom. The Bertz CT molecular complexity index is 1510. The van der Waals surface area contributed by atoms with Crippen molar-refractivity contribution in [3.05, 3.63) is 106 Å². The Morgan fingerprint density at radius 1 is 0.892 bits per heavy atom. The molecule has 0 saturated heterocycles. The van der Waals surface area contributed by atoms with Gasteiger partial charge in [-0.3, -0.25) is 29.1 Å². The second-order valence-corrected chi connectivity index (χ2v) is 9.34. The van der Waals surface area contributed by atoms with Crippen molar-refractivity contribution in [2.75, 3.05) is 5.32 Å². The molecule has 0 aliphatic carbocycles. The van der Waals surface area contributed by atoms with Gasteiger partial charge in [-0.1, -0.05) is 58.4 Å². The summed E-state index contributed by atoms with van der Waals surface area (Å²) in [5, 5.41) is 3.61. The molecule has 8 nitrogen and oxygen atoms in total. The Balaban J connectivity index is 1.63. The molecule has 3 aromatic carbocycles. The summed E-state index contributed by atoms with van der Waals surface area (Å²) in [7, 11) is 0. The number of pyridine rings is 1. The van der Waals surface area contributed by atoms with E-state index in [0.717, 1.165) is 14.8 Å². The minimum Gasteiger partial charge on any atom is -0.455 e. The summed E-state index contributed by atoms with van der Waals surface area (Å²) in [5.74, 6) is -2.67. The maximum Gasteiger partial charge on any atom is 0.303 e. The van der Waals surface area contributed by atoms with Crippen LogP contribution in [0.5, 0.6) is 0 Å². The van der Waals surface area contributed by atoms with Crippen molar-refractivity contribution < 1.29 is 23.9 Å². The number of benzene rings is 3. The molecular weight excluding hydrogens is 538 g/mol. The second kappa shape index (κ2) is 9.94. The van der Waals surface area contributed by atoms with Gasteiger partial charge < -0.3 is 10.1 Å². The van der Waals surface area contributed by atoms with E-state index < -0.39 is 35.8 Å². The van der Waals surface area contributed by atoms with Gasteiger partial charge >= 0.3 is 5.97 Å². The number of esters is 1. The first-order valence-corrected chi connectivity index (χ1v) is 12.2. The standard InChI is InChI=1S/C28H20BrN3O5/c1-16(33)37-25(18-11-13-19(29)14-12-18)24(32-27(35)20-8-2-3-9-21(20)28(32)36)26(34)31-22-10-4-6-17-7-5-15-30-23(17)22/h2-15,24-25H,1H3,(H,31,34)/t24-,25-/m0/s1. The highest BCUT2D eigenvalue weighted by atomic mass is 79.9. The minimum atomic E-state index is -1.50. The van der Waals surface area contributed by atoms with E-state index >= 15 is 0 Å². The first kappa shape index (κ1) is 24.3. The number of imide groups is 1. The SMILES string of the molecule is CC(=O)O[C@@H](c1ccc(Br)cc1)[C@@H](C(=O)Nc1cccc2cccnc12)N1C(=O)c2ccccc2C1=O. The molecule has 37 heavy (non-hydrogen) atoms. The van der Waals surface area contributed by atoms with Crippen molar-refractivity contribution in [1.82, 2.24) is 9.88 Å². The Hall–Kier alpha value is -4.37. The molecule has 3 amide bonds. The number of nitrogens with one attached hydrogen (secondary N) is 1. The lowest BCUT2D eigenvalue weighted by Gasteiger charge is -2.32. The highest BCUT2D eigenvalue weighted by Gasteiger charge is 2.48. The number of hydrogen-bond acceptors (Lipinski definition) is 6. The predicted octanol–water partition coefficient (Wildman–Crippen LogP) is 4.91. The number of nitrogens with zero attached hydrogens (tertiary/aromatic N) is 2. The molecule has 0 bridgehead atoms. The van der Waals surface area contributed by atoms with Crippen molar-refractivity contribution in [2.24, 2.45) is 0 Å². The molecule has 1 aliphatic rings. The Morgan fingerprint density at radius 2 is 1.54 bits per heavy atom. The van der Waals surface area contributed by atoms with Crippen LogP contribution in [-0.2, 0) is 14.3 Å². The maximum absolute atomic E-state index is 14.0. The monoisotopic (exact) mass is 557 g/mol. The van der Waals surface area contributed by atoms with Crippen LogP contribution >= 0.6 is 15.9 Å². The molecule has 0 unspecified atom stereocenters. The zero-order chi connectivity index (χ0) is 26.1. The quantitative estimate of drug-likeness (QED) is 0.267. The van der Waals surface area contributed by atoms with Crippen LogP contribution in [-0.4, -0.2) is 39.6 Å². The van der Waals surface area contributed by atoms with Gasteiger partial charge in [0.25, 0.3) is 17.7 Å². The van der Waals surface area contributed by atoms with Gasteiger partial charge in [-0.15, -0.1) is 0 Å². The number of carbonyl (C=O) groups excluding carboxylic acids is 4. The first-order chi connectivity index (χ1) is 17.8. The fourth-order valence-electron chi connectivity index (χ4n) is 4.41. The highest BCUT2D eigenvalue weighted by molar-refractivity contribution is 9.10. The van der Waals surface area contributed by atoms with E-state index in [1.807, 2.05) is 12.1 Å². The zero-order valence-electron chi connectivity index (χ0n) is 19.6. The van der Waals surface area contributed by atoms with Crippen LogP contribution in [0.3, 0.4) is 0 Å². The number of carbonyl (C=O) groups is 4. The summed E-state index contributed by atoms with van der Waals surface area (Å²) in [6.45, 7) is 1.21. The maximum atomic E-state index is 14.0. The van der Waals surface area contributed by atoms with Gasteiger partial charge in [0.15, 0.2) is 12.1 Å². The van der Waals surface area contributed by atoms with Crippen LogP contribution in [0.25, 0.3) is 10.9 Å². The van der Waals surface area contributed by atoms with Gasteiger partial charge in [0.2, 0.25) is 0 Å². The lowest BCUT2D eigenvalue weighted by atomic mass is 9.99. The summed E-state index contributed by atoms with van der Waals surface area (Å²) in [4.78, 5) is 58.3. The van der Waals surface area contributed by atoms with Crippen molar-refractivity contribution in [2.45, 2.75) is 19.1 Å². The van der Waals surface area contributed by atoms with E-state index in [4.69, 9.17) is 4.74 Å². The summed E-state index contributed by atoms with van der Waals surface area (Å²) in [5.41, 5.74) is 1.71.